The van der Waals surface area contributed by atoms with E-state index in [9.17, 15) is 14.4 Å². The fourth-order valence-corrected chi connectivity index (χ4v) is 2.98. The van der Waals surface area contributed by atoms with Crippen molar-refractivity contribution in [1.29, 1.82) is 0 Å². The van der Waals surface area contributed by atoms with Gasteiger partial charge in [0.05, 0.1) is 5.56 Å². The molecule has 0 aliphatic rings. The van der Waals surface area contributed by atoms with Crippen LogP contribution in [0.4, 0.5) is 0 Å². The van der Waals surface area contributed by atoms with E-state index in [1.54, 1.807) is 24.3 Å². The van der Waals surface area contributed by atoms with Crippen molar-refractivity contribution in [1.82, 2.24) is 15.5 Å². The van der Waals surface area contributed by atoms with Gasteiger partial charge in [-0.25, -0.2) is 9.59 Å². The second-order valence-corrected chi connectivity index (χ2v) is 6.73. The molecule has 0 bridgehead atoms. The summed E-state index contributed by atoms with van der Waals surface area (Å²) in [5.74, 6) is -1.02. The lowest BCUT2D eigenvalue weighted by atomic mass is 10.1. The van der Waals surface area contributed by atoms with Crippen LogP contribution in [0.3, 0.4) is 0 Å². The molecule has 156 valence electrons. The molecule has 1 heterocycles. The molecule has 1 amide bonds. The molecule has 3 aromatic carbocycles. The molecule has 0 spiro atoms. The van der Waals surface area contributed by atoms with Crippen molar-refractivity contribution in [2.24, 2.45) is 0 Å². The Morgan fingerprint density at radius 3 is 2.48 bits per heavy atom. The van der Waals surface area contributed by atoms with Crippen molar-refractivity contribution < 1.29 is 24.0 Å². The van der Waals surface area contributed by atoms with Crippen LogP contribution in [0.1, 0.15) is 15.9 Å². The molecule has 0 unspecified atom stereocenters. The number of carbonyl (C=O) groups excluding carboxylic acids is 1. The van der Waals surface area contributed by atoms with Crippen LogP contribution in [-0.4, -0.2) is 33.7 Å². The van der Waals surface area contributed by atoms with Gasteiger partial charge in [0.25, 0.3) is 5.91 Å². The van der Waals surface area contributed by atoms with Gasteiger partial charge in [-0.3, -0.25) is 14.3 Å². The topological polar surface area (TPSA) is 135 Å². The summed E-state index contributed by atoms with van der Waals surface area (Å²) in [4.78, 5) is 36.5. The van der Waals surface area contributed by atoms with Gasteiger partial charge in [-0.15, -0.1) is 0 Å². The van der Waals surface area contributed by atoms with Gasteiger partial charge in [0.2, 0.25) is 0 Å². The van der Waals surface area contributed by atoms with Crippen LogP contribution in [0.5, 0.6) is 5.75 Å². The summed E-state index contributed by atoms with van der Waals surface area (Å²) in [6, 6.07) is 17.2. The molecule has 0 saturated heterocycles. The van der Waals surface area contributed by atoms with Crippen LogP contribution in [0.15, 0.2) is 70.0 Å². The Hall–Kier alpha value is -4.40. The van der Waals surface area contributed by atoms with Gasteiger partial charge in [-0.2, -0.15) is 0 Å². The molecule has 0 radical (unpaired) electrons. The molecule has 0 aliphatic heterocycles. The number of nitrogens with zero attached hydrogens (tertiary/aromatic N) is 1. The first-order chi connectivity index (χ1) is 15.0. The molecule has 3 N–H and O–H groups in total. The Morgan fingerprint density at radius 2 is 1.77 bits per heavy atom. The number of H-pyrrole nitrogens is 1. The van der Waals surface area contributed by atoms with Crippen LogP contribution in [-0.2, 0) is 11.3 Å². The SMILES string of the molecule is O=C(COc1ccc2cc(-c3noc(=O)[nH]3)ccc2c1)NCc1ccc(C(=O)O)cc1. The molecule has 0 saturated carbocycles. The van der Waals surface area contributed by atoms with E-state index < -0.39 is 11.7 Å². The molecule has 0 fully saturated rings. The minimum absolute atomic E-state index is 0.156. The number of carboxylic acids is 1. The minimum atomic E-state index is -0.997. The van der Waals surface area contributed by atoms with Gasteiger partial charge >= 0.3 is 11.7 Å². The average Bonchev–Trinajstić information content (AvgIpc) is 3.22. The average molecular weight is 419 g/mol. The Labute approximate surface area is 175 Å². The number of hydrogen-bond acceptors (Lipinski definition) is 6. The predicted molar refractivity (Wildman–Crippen MR) is 111 cm³/mol. The van der Waals surface area contributed by atoms with Gasteiger partial charge in [0.15, 0.2) is 12.4 Å². The molecule has 31 heavy (non-hydrogen) atoms. The van der Waals surface area contributed by atoms with Crippen molar-refractivity contribution in [3.8, 4) is 17.1 Å². The van der Waals surface area contributed by atoms with E-state index >= 15 is 0 Å². The van der Waals surface area contributed by atoms with Gasteiger partial charge in [0, 0.05) is 12.1 Å². The van der Waals surface area contributed by atoms with Crippen molar-refractivity contribution >= 4 is 22.6 Å². The second-order valence-electron chi connectivity index (χ2n) is 6.73. The smallest absolute Gasteiger partial charge is 0.439 e. The summed E-state index contributed by atoms with van der Waals surface area (Å²) in [6.45, 7) is 0.115. The summed E-state index contributed by atoms with van der Waals surface area (Å²) in [7, 11) is 0. The van der Waals surface area contributed by atoms with Crippen LogP contribution < -0.4 is 15.8 Å². The number of amides is 1. The second kappa shape index (κ2) is 8.54. The third-order valence-electron chi connectivity index (χ3n) is 4.59. The molecule has 4 aromatic rings. The predicted octanol–water partition coefficient (Wildman–Crippen LogP) is 2.58. The van der Waals surface area contributed by atoms with Crippen molar-refractivity contribution in [2.75, 3.05) is 6.61 Å². The number of ether oxygens (including phenoxy) is 1. The van der Waals surface area contributed by atoms with E-state index in [1.807, 2.05) is 24.3 Å². The van der Waals surface area contributed by atoms with E-state index in [4.69, 9.17) is 9.84 Å². The zero-order chi connectivity index (χ0) is 21.8. The highest BCUT2D eigenvalue weighted by Crippen LogP contribution is 2.25. The number of carboxylic acid groups (broad SMARTS) is 1. The van der Waals surface area contributed by atoms with E-state index in [-0.39, 0.29) is 24.6 Å². The number of hydrogen-bond donors (Lipinski definition) is 3. The van der Waals surface area contributed by atoms with Gasteiger partial charge in [0.1, 0.15) is 5.75 Å². The van der Waals surface area contributed by atoms with E-state index in [2.05, 4.69) is 20.0 Å². The standard InChI is InChI=1S/C22H17N3O6/c26-19(23-11-13-1-3-14(4-2-13)21(27)28)12-30-18-8-7-15-9-17(6-5-16(15)10-18)20-24-22(29)31-25-20/h1-10H,11-12H2,(H,23,26)(H,27,28)(H,24,25,29). The number of rotatable bonds is 7. The third kappa shape index (κ3) is 4.78. The zero-order valence-corrected chi connectivity index (χ0v) is 16.1. The molecular weight excluding hydrogens is 402 g/mol. The summed E-state index contributed by atoms with van der Waals surface area (Å²) in [5.41, 5.74) is 1.69. The highest BCUT2D eigenvalue weighted by atomic mass is 16.5. The summed E-state index contributed by atoms with van der Waals surface area (Å²) < 4.78 is 10.1. The lowest BCUT2D eigenvalue weighted by Gasteiger charge is -2.09. The molecular formula is C22H17N3O6. The van der Waals surface area contributed by atoms with Crippen molar-refractivity contribution in [3.05, 3.63) is 82.3 Å². The number of benzene rings is 3. The quantitative estimate of drug-likeness (QED) is 0.419. The number of carbonyl (C=O) groups is 2. The fourth-order valence-electron chi connectivity index (χ4n) is 2.98. The lowest BCUT2D eigenvalue weighted by Crippen LogP contribution is -2.28. The molecule has 0 aliphatic carbocycles. The number of aromatic amines is 1. The first-order valence-corrected chi connectivity index (χ1v) is 9.30. The Balaban J connectivity index is 1.34. The van der Waals surface area contributed by atoms with E-state index in [1.165, 1.54) is 12.1 Å². The first kappa shape index (κ1) is 19.9. The lowest BCUT2D eigenvalue weighted by molar-refractivity contribution is -0.123. The maximum Gasteiger partial charge on any atom is 0.439 e. The molecule has 0 atom stereocenters. The maximum absolute atomic E-state index is 12.1. The van der Waals surface area contributed by atoms with Crippen LogP contribution >= 0.6 is 0 Å². The number of fused-ring (bicyclic) bond motifs is 1. The van der Waals surface area contributed by atoms with Crippen LogP contribution in [0.2, 0.25) is 0 Å². The Morgan fingerprint density at radius 1 is 1.03 bits per heavy atom. The van der Waals surface area contributed by atoms with Gasteiger partial charge < -0.3 is 15.2 Å². The third-order valence-corrected chi connectivity index (χ3v) is 4.59. The van der Waals surface area contributed by atoms with Crippen LogP contribution in [0, 0.1) is 0 Å². The Bertz CT molecular complexity index is 1310. The van der Waals surface area contributed by atoms with E-state index in [0.29, 0.717) is 17.1 Å². The monoisotopic (exact) mass is 419 g/mol. The first-order valence-electron chi connectivity index (χ1n) is 9.30. The highest BCUT2D eigenvalue weighted by molar-refractivity contribution is 5.88. The number of aromatic nitrogens is 2. The van der Waals surface area contributed by atoms with Gasteiger partial charge in [-0.05, 0) is 46.7 Å². The maximum atomic E-state index is 12.1. The van der Waals surface area contributed by atoms with E-state index in [0.717, 1.165) is 16.3 Å². The largest absolute Gasteiger partial charge is 0.484 e. The van der Waals surface area contributed by atoms with Crippen LogP contribution in [0.25, 0.3) is 22.2 Å². The zero-order valence-electron chi connectivity index (χ0n) is 16.1. The number of aromatic carboxylic acids is 1. The summed E-state index contributed by atoms with van der Waals surface area (Å²) >= 11 is 0. The van der Waals surface area contributed by atoms with Crippen molar-refractivity contribution in [3.63, 3.8) is 0 Å². The molecule has 9 heteroatoms. The summed E-state index contributed by atoms with van der Waals surface area (Å²) in [6.07, 6.45) is 0. The molecule has 9 nitrogen and oxygen atoms in total. The fraction of sp³-hybridized carbons (Fsp3) is 0.0909. The molecule has 4 rings (SSSR count). The summed E-state index contributed by atoms with van der Waals surface area (Å²) in [5, 5.41) is 17.1. The normalized spacial score (nSPS) is 10.7. The minimum Gasteiger partial charge on any atom is -0.484 e. The van der Waals surface area contributed by atoms with Crippen molar-refractivity contribution in [2.45, 2.75) is 6.54 Å². The highest BCUT2D eigenvalue weighted by Gasteiger charge is 2.08. The molecule has 1 aromatic heterocycles. The number of nitrogens with one attached hydrogen (secondary N) is 2. The Kier molecular flexibility index (Phi) is 5.48. The van der Waals surface area contributed by atoms with Gasteiger partial charge in [-0.1, -0.05) is 35.5 Å².